The van der Waals surface area contributed by atoms with Crippen LogP contribution in [0.15, 0.2) is 41.2 Å². The van der Waals surface area contributed by atoms with E-state index in [1.807, 2.05) is 24.3 Å². The van der Waals surface area contributed by atoms with Crippen LogP contribution >= 0.6 is 0 Å². The summed E-state index contributed by atoms with van der Waals surface area (Å²) < 4.78 is 6.68. The molecule has 1 amide bonds. The van der Waals surface area contributed by atoms with Crippen LogP contribution in [-0.2, 0) is 6.54 Å². The van der Waals surface area contributed by atoms with Crippen LogP contribution in [0, 0.1) is 0 Å². The summed E-state index contributed by atoms with van der Waals surface area (Å²) in [4.78, 5) is 28.7. The van der Waals surface area contributed by atoms with Crippen LogP contribution in [0.4, 0.5) is 5.69 Å². The number of ether oxygens (including phenoxy) is 1. The minimum Gasteiger partial charge on any atom is -0.497 e. The summed E-state index contributed by atoms with van der Waals surface area (Å²) in [7, 11) is 1.66. The Balaban J connectivity index is 1.65. The Morgan fingerprint density at radius 1 is 1.15 bits per heavy atom. The molecule has 0 atom stereocenters. The molecule has 1 aromatic heterocycles. The molecule has 1 saturated heterocycles. The topological polar surface area (TPSA) is 67.7 Å². The second-order valence-corrected chi connectivity index (χ2v) is 6.61. The third-order valence-electron chi connectivity index (χ3n) is 4.79. The van der Waals surface area contributed by atoms with Crippen LogP contribution in [0.5, 0.6) is 5.75 Å². The van der Waals surface area contributed by atoms with Crippen molar-refractivity contribution in [2.45, 2.75) is 26.3 Å². The third-order valence-corrected chi connectivity index (χ3v) is 4.79. The molecule has 7 nitrogen and oxygen atoms in total. The van der Waals surface area contributed by atoms with Crippen molar-refractivity contribution in [3.63, 3.8) is 0 Å². The summed E-state index contributed by atoms with van der Waals surface area (Å²) in [6.07, 6.45) is 1.84. The number of benzene rings is 1. The van der Waals surface area contributed by atoms with Crippen molar-refractivity contribution in [3.8, 4) is 5.75 Å². The largest absolute Gasteiger partial charge is 0.497 e. The number of anilines is 1. The highest BCUT2D eigenvalue weighted by molar-refractivity contribution is 5.92. The molecule has 0 saturated carbocycles. The highest BCUT2D eigenvalue weighted by atomic mass is 16.5. The molecule has 27 heavy (non-hydrogen) atoms. The maximum atomic E-state index is 12.8. The molecule has 2 aromatic rings. The van der Waals surface area contributed by atoms with Gasteiger partial charge in [0, 0.05) is 50.5 Å². The molecule has 0 aliphatic carbocycles. The molecule has 2 heterocycles. The molecule has 1 fully saturated rings. The number of rotatable bonds is 6. The first-order valence-electron chi connectivity index (χ1n) is 9.39. The van der Waals surface area contributed by atoms with Gasteiger partial charge < -0.3 is 14.5 Å². The van der Waals surface area contributed by atoms with Gasteiger partial charge in [0.1, 0.15) is 11.4 Å². The van der Waals surface area contributed by atoms with Gasteiger partial charge in [-0.1, -0.05) is 19.4 Å². The van der Waals surface area contributed by atoms with Crippen LogP contribution < -0.4 is 15.2 Å². The van der Waals surface area contributed by atoms with Crippen molar-refractivity contribution < 1.29 is 9.53 Å². The number of methoxy groups -OCH3 is 1. The van der Waals surface area contributed by atoms with E-state index in [4.69, 9.17) is 4.74 Å². The van der Waals surface area contributed by atoms with E-state index in [2.05, 4.69) is 16.9 Å². The van der Waals surface area contributed by atoms with Gasteiger partial charge >= 0.3 is 0 Å². The van der Waals surface area contributed by atoms with Gasteiger partial charge in [-0.05, 0) is 24.6 Å². The molecule has 7 heteroatoms. The lowest BCUT2D eigenvalue weighted by atomic mass is 10.2. The molecule has 0 N–H and O–H groups in total. The normalized spacial score (nSPS) is 14.3. The fourth-order valence-corrected chi connectivity index (χ4v) is 3.17. The molecule has 1 aromatic carbocycles. The van der Waals surface area contributed by atoms with Gasteiger partial charge in [0.05, 0.1) is 7.11 Å². The number of hydrogen-bond donors (Lipinski definition) is 0. The number of nitrogens with zero attached hydrogens (tertiary/aromatic N) is 4. The number of carbonyl (C=O) groups excluding carboxylic acids is 1. The molecule has 144 valence electrons. The first-order valence-corrected chi connectivity index (χ1v) is 9.39. The van der Waals surface area contributed by atoms with Gasteiger partial charge in [0.2, 0.25) is 0 Å². The fourth-order valence-electron chi connectivity index (χ4n) is 3.17. The van der Waals surface area contributed by atoms with Crippen LogP contribution in [0.2, 0.25) is 0 Å². The van der Waals surface area contributed by atoms with E-state index in [0.29, 0.717) is 25.3 Å². The zero-order chi connectivity index (χ0) is 19.2. The Morgan fingerprint density at radius 3 is 2.63 bits per heavy atom. The van der Waals surface area contributed by atoms with E-state index < -0.39 is 0 Å². The fraction of sp³-hybridized carbons (Fsp3) is 0.450. The highest BCUT2D eigenvalue weighted by Crippen LogP contribution is 2.22. The summed E-state index contributed by atoms with van der Waals surface area (Å²) in [5, 5.41) is 4.27. The van der Waals surface area contributed by atoms with E-state index >= 15 is 0 Å². The smallest absolute Gasteiger partial charge is 0.274 e. The van der Waals surface area contributed by atoms with Gasteiger partial charge in [0.25, 0.3) is 11.5 Å². The number of piperazine rings is 1. The summed E-state index contributed by atoms with van der Waals surface area (Å²) in [6.45, 7) is 5.32. The molecule has 0 radical (unpaired) electrons. The predicted molar refractivity (Wildman–Crippen MR) is 105 cm³/mol. The van der Waals surface area contributed by atoms with E-state index in [-0.39, 0.29) is 11.5 Å². The predicted octanol–water partition coefficient (Wildman–Crippen LogP) is 2.01. The summed E-state index contributed by atoms with van der Waals surface area (Å²) in [6, 6.07) is 10.9. The van der Waals surface area contributed by atoms with Gasteiger partial charge in [-0.25, -0.2) is 4.68 Å². The SMILES string of the molecule is CCCCn1nc(C(=O)N2CCN(c3cccc(OC)c3)CC2)ccc1=O. The molecule has 1 aliphatic heterocycles. The van der Waals surface area contributed by atoms with Gasteiger partial charge in [-0.3, -0.25) is 9.59 Å². The molecule has 0 unspecified atom stereocenters. The number of unbranched alkanes of at least 4 members (excludes halogenated alkanes) is 1. The lowest BCUT2D eigenvalue weighted by Crippen LogP contribution is -2.49. The maximum absolute atomic E-state index is 12.8. The van der Waals surface area contributed by atoms with E-state index in [0.717, 1.165) is 37.4 Å². The lowest BCUT2D eigenvalue weighted by Gasteiger charge is -2.36. The van der Waals surface area contributed by atoms with Crippen molar-refractivity contribution in [1.82, 2.24) is 14.7 Å². The first kappa shape index (κ1) is 18.9. The summed E-state index contributed by atoms with van der Waals surface area (Å²) >= 11 is 0. The Morgan fingerprint density at radius 2 is 1.93 bits per heavy atom. The van der Waals surface area contributed by atoms with Crippen LogP contribution in [0.25, 0.3) is 0 Å². The molecule has 0 bridgehead atoms. The second kappa shape index (κ2) is 8.70. The quantitative estimate of drug-likeness (QED) is 0.778. The second-order valence-electron chi connectivity index (χ2n) is 6.61. The summed E-state index contributed by atoms with van der Waals surface area (Å²) in [5.74, 6) is 0.704. The van der Waals surface area contributed by atoms with Crippen molar-refractivity contribution in [2.75, 3.05) is 38.2 Å². The maximum Gasteiger partial charge on any atom is 0.274 e. The Labute approximate surface area is 159 Å². The number of hydrogen-bond acceptors (Lipinski definition) is 5. The number of carbonyl (C=O) groups is 1. The lowest BCUT2D eigenvalue weighted by molar-refractivity contribution is 0.0738. The Bertz CT molecular complexity index is 841. The summed E-state index contributed by atoms with van der Waals surface area (Å²) in [5.41, 5.74) is 1.26. The molecule has 1 aliphatic rings. The molecular formula is C20H26N4O3. The van der Waals surface area contributed by atoms with Gasteiger partial charge in [-0.2, -0.15) is 5.10 Å². The first-order chi connectivity index (χ1) is 13.1. The van der Waals surface area contributed by atoms with Crippen molar-refractivity contribution in [3.05, 3.63) is 52.4 Å². The zero-order valence-electron chi connectivity index (χ0n) is 15.9. The number of aromatic nitrogens is 2. The Hall–Kier alpha value is -2.83. The average molecular weight is 370 g/mol. The zero-order valence-corrected chi connectivity index (χ0v) is 15.9. The highest BCUT2D eigenvalue weighted by Gasteiger charge is 2.23. The minimum atomic E-state index is -0.164. The van der Waals surface area contributed by atoms with Crippen molar-refractivity contribution in [1.29, 1.82) is 0 Å². The minimum absolute atomic E-state index is 0.120. The van der Waals surface area contributed by atoms with Crippen LogP contribution in [0.3, 0.4) is 0 Å². The van der Waals surface area contributed by atoms with E-state index in [9.17, 15) is 9.59 Å². The molecule has 0 spiro atoms. The standard InChI is InChI=1S/C20H26N4O3/c1-3-4-10-24-19(25)9-8-18(21-24)20(26)23-13-11-22(12-14-23)16-6-5-7-17(15-16)27-2/h5-9,15H,3-4,10-14H2,1-2H3. The average Bonchev–Trinajstić information content (AvgIpc) is 2.73. The number of amides is 1. The third kappa shape index (κ3) is 4.48. The van der Waals surface area contributed by atoms with E-state index in [1.54, 1.807) is 12.0 Å². The van der Waals surface area contributed by atoms with E-state index in [1.165, 1.54) is 16.8 Å². The Kier molecular flexibility index (Phi) is 6.11. The van der Waals surface area contributed by atoms with Crippen LogP contribution in [0.1, 0.15) is 30.3 Å². The van der Waals surface area contributed by atoms with Crippen LogP contribution in [-0.4, -0.2) is 53.9 Å². The van der Waals surface area contributed by atoms with Crippen molar-refractivity contribution >= 4 is 11.6 Å². The molecular weight excluding hydrogens is 344 g/mol. The monoisotopic (exact) mass is 370 g/mol. The van der Waals surface area contributed by atoms with Gasteiger partial charge in [-0.15, -0.1) is 0 Å². The molecule has 3 rings (SSSR count). The van der Waals surface area contributed by atoms with Crippen molar-refractivity contribution in [2.24, 2.45) is 0 Å². The van der Waals surface area contributed by atoms with Gasteiger partial charge in [0.15, 0.2) is 0 Å². The number of aryl methyl sites for hydroxylation is 1.